The van der Waals surface area contributed by atoms with Crippen LogP contribution in [0.5, 0.6) is 5.75 Å². The number of aromatic nitrogens is 3. The molecule has 104 valence electrons. The summed E-state index contributed by atoms with van der Waals surface area (Å²) in [5.41, 5.74) is 0.481. The van der Waals surface area contributed by atoms with E-state index in [0.717, 1.165) is 5.69 Å². The maximum Gasteiger partial charge on any atom is 0.174 e. The van der Waals surface area contributed by atoms with Crippen LogP contribution in [0.3, 0.4) is 0 Å². The number of aliphatic hydroxyl groups is 1. The van der Waals surface area contributed by atoms with Gasteiger partial charge in [-0.1, -0.05) is 18.5 Å². The number of fused-ring (bicyclic) bond motifs is 1. The molecule has 0 spiro atoms. The predicted octanol–water partition coefficient (Wildman–Crippen LogP) is 2.48. The highest BCUT2D eigenvalue weighted by atomic mass is 35.5. The van der Waals surface area contributed by atoms with Crippen LogP contribution in [0.15, 0.2) is 12.4 Å². The summed E-state index contributed by atoms with van der Waals surface area (Å²) in [6.07, 6.45) is 3.65. The second-order valence-electron chi connectivity index (χ2n) is 5.08. The van der Waals surface area contributed by atoms with E-state index in [2.05, 4.69) is 10.1 Å². The minimum Gasteiger partial charge on any atom is -0.484 e. The minimum atomic E-state index is -0.929. The van der Waals surface area contributed by atoms with E-state index in [1.54, 1.807) is 30.8 Å². The van der Waals surface area contributed by atoms with Gasteiger partial charge in [0.15, 0.2) is 11.4 Å². The van der Waals surface area contributed by atoms with Crippen molar-refractivity contribution in [2.75, 3.05) is 0 Å². The van der Waals surface area contributed by atoms with Crippen molar-refractivity contribution in [2.24, 2.45) is 0 Å². The third-order valence-electron chi connectivity index (χ3n) is 3.12. The van der Waals surface area contributed by atoms with Crippen LogP contribution in [-0.2, 0) is 6.42 Å². The van der Waals surface area contributed by atoms with Crippen molar-refractivity contribution >= 4 is 17.2 Å². The first-order chi connectivity index (χ1) is 8.82. The molecule has 0 fully saturated rings. The third kappa shape index (κ3) is 2.82. The zero-order chi connectivity index (χ0) is 14.2. The predicted molar refractivity (Wildman–Crippen MR) is 73.8 cm³/mol. The maximum atomic E-state index is 9.94. The van der Waals surface area contributed by atoms with Crippen LogP contribution in [0.25, 0.3) is 5.65 Å². The van der Waals surface area contributed by atoms with Crippen molar-refractivity contribution in [3.63, 3.8) is 0 Å². The van der Waals surface area contributed by atoms with E-state index in [-0.39, 0.29) is 6.10 Å². The van der Waals surface area contributed by atoms with Crippen molar-refractivity contribution in [3.8, 4) is 5.75 Å². The highest BCUT2D eigenvalue weighted by Gasteiger charge is 2.25. The molecule has 0 radical (unpaired) electrons. The van der Waals surface area contributed by atoms with Gasteiger partial charge in [-0.3, -0.25) is 0 Å². The average Bonchev–Trinajstić information content (AvgIpc) is 2.68. The van der Waals surface area contributed by atoms with Gasteiger partial charge in [0.25, 0.3) is 0 Å². The number of aryl methyl sites for hydroxylation is 1. The van der Waals surface area contributed by atoms with Crippen molar-refractivity contribution in [3.05, 3.63) is 23.1 Å². The van der Waals surface area contributed by atoms with E-state index in [1.165, 1.54) is 0 Å². The number of nitrogens with zero attached hydrogens (tertiary/aromatic N) is 3. The number of hydrogen-bond acceptors (Lipinski definition) is 4. The van der Waals surface area contributed by atoms with Crippen LogP contribution < -0.4 is 4.74 Å². The number of ether oxygens (including phenoxy) is 1. The second-order valence-corrected chi connectivity index (χ2v) is 5.49. The molecule has 0 saturated heterocycles. The Morgan fingerprint density at radius 2 is 2.21 bits per heavy atom. The molecule has 19 heavy (non-hydrogen) atoms. The lowest BCUT2D eigenvalue weighted by molar-refractivity contribution is -0.0248. The van der Waals surface area contributed by atoms with E-state index in [1.807, 2.05) is 13.8 Å². The van der Waals surface area contributed by atoms with E-state index in [0.29, 0.717) is 22.8 Å². The highest BCUT2D eigenvalue weighted by molar-refractivity contribution is 6.33. The van der Waals surface area contributed by atoms with Gasteiger partial charge in [0.2, 0.25) is 0 Å². The summed E-state index contributed by atoms with van der Waals surface area (Å²) in [6.45, 7) is 7.23. The van der Waals surface area contributed by atoms with Crippen molar-refractivity contribution in [1.29, 1.82) is 0 Å². The molecule has 2 rings (SSSR count). The molecule has 2 aromatic rings. The molecule has 2 aromatic heterocycles. The first-order valence-electron chi connectivity index (χ1n) is 6.24. The van der Waals surface area contributed by atoms with Crippen molar-refractivity contribution < 1.29 is 9.84 Å². The lowest BCUT2D eigenvalue weighted by Gasteiger charge is -2.27. The Morgan fingerprint density at radius 1 is 1.53 bits per heavy atom. The number of rotatable bonds is 4. The Kier molecular flexibility index (Phi) is 3.69. The average molecular weight is 284 g/mol. The van der Waals surface area contributed by atoms with Gasteiger partial charge in [-0.15, -0.1) is 0 Å². The van der Waals surface area contributed by atoms with Crippen LogP contribution >= 0.6 is 11.6 Å². The Bertz CT molecular complexity index is 589. The minimum absolute atomic E-state index is 0.358. The first kappa shape index (κ1) is 14.1. The van der Waals surface area contributed by atoms with Crippen molar-refractivity contribution in [1.82, 2.24) is 14.6 Å². The molecule has 0 bridgehead atoms. The summed E-state index contributed by atoms with van der Waals surface area (Å²) in [5, 5.41) is 14.6. The van der Waals surface area contributed by atoms with Crippen LogP contribution in [0.2, 0.25) is 5.02 Å². The van der Waals surface area contributed by atoms with Crippen LogP contribution in [0.4, 0.5) is 0 Å². The summed E-state index contributed by atoms with van der Waals surface area (Å²) >= 11 is 6.01. The molecule has 0 aliphatic heterocycles. The Balaban J connectivity index is 2.42. The molecule has 0 aromatic carbocycles. The molecular weight excluding hydrogens is 266 g/mol. The lowest BCUT2D eigenvalue weighted by atomic mass is 10.0. The zero-order valence-corrected chi connectivity index (χ0v) is 12.3. The molecule has 6 heteroatoms. The quantitative estimate of drug-likeness (QED) is 0.936. The van der Waals surface area contributed by atoms with Gasteiger partial charge in [0, 0.05) is 0 Å². The Labute approximate surface area is 117 Å². The molecule has 2 heterocycles. The normalized spacial score (nSPS) is 13.8. The van der Waals surface area contributed by atoms with Gasteiger partial charge >= 0.3 is 0 Å². The van der Waals surface area contributed by atoms with Gasteiger partial charge in [0.05, 0.1) is 23.7 Å². The standard InChI is InChI=1S/C13H18ClN3O2/c1-5-10-11(19-8(2)13(3,4)18)7-17-12(16-10)9(14)6-15-17/h6-8,18H,5H2,1-4H3. The molecule has 0 saturated carbocycles. The lowest BCUT2D eigenvalue weighted by Crippen LogP contribution is -2.38. The maximum absolute atomic E-state index is 9.94. The smallest absolute Gasteiger partial charge is 0.174 e. The molecule has 5 nitrogen and oxygen atoms in total. The summed E-state index contributed by atoms with van der Waals surface area (Å²) in [6, 6.07) is 0. The van der Waals surface area contributed by atoms with Gasteiger partial charge < -0.3 is 9.84 Å². The third-order valence-corrected chi connectivity index (χ3v) is 3.39. The topological polar surface area (TPSA) is 59.7 Å². The van der Waals surface area contributed by atoms with Crippen LogP contribution in [-0.4, -0.2) is 31.4 Å². The number of halogens is 1. The van der Waals surface area contributed by atoms with Crippen LogP contribution in [0, 0.1) is 0 Å². The monoisotopic (exact) mass is 283 g/mol. The van der Waals surface area contributed by atoms with E-state index in [9.17, 15) is 5.11 Å². The summed E-state index contributed by atoms with van der Waals surface area (Å²) in [7, 11) is 0. The van der Waals surface area contributed by atoms with Crippen LogP contribution in [0.1, 0.15) is 33.4 Å². The largest absolute Gasteiger partial charge is 0.484 e. The fourth-order valence-corrected chi connectivity index (χ4v) is 1.76. The van der Waals surface area contributed by atoms with Crippen molar-refractivity contribution in [2.45, 2.75) is 45.8 Å². The molecular formula is C13H18ClN3O2. The summed E-state index contributed by atoms with van der Waals surface area (Å²) < 4.78 is 7.38. The van der Waals surface area contributed by atoms with E-state index < -0.39 is 5.60 Å². The molecule has 1 atom stereocenters. The molecule has 0 amide bonds. The Hall–Kier alpha value is -1.33. The molecule has 1 unspecified atom stereocenters. The SMILES string of the molecule is CCc1nc2c(Cl)cnn2cc1OC(C)C(C)(C)O. The van der Waals surface area contributed by atoms with Gasteiger partial charge in [-0.05, 0) is 27.2 Å². The summed E-state index contributed by atoms with van der Waals surface area (Å²) in [5.74, 6) is 0.615. The Morgan fingerprint density at radius 3 is 2.79 bits per heavy atom. The van der Waals surface area contributed by atoms with Gasteiger partial charge in [0.1, 0.15) is 11.1 Å². The first-order valence-corrected chi connectivity index (χ1v) is 6.62. The molecule has 0 aliphatic rings. The van der Waals surface area contributed by atoms with E-state index >= 15 is 0 Å². The van der Waals surface area contributed by atoms with E-state index in [4.69, 9.17) is 16.3 Å². The molecule has 0 aliphatic carbocycles. The molecule has 1 N–H and O–H groups in total. The second kappa shape index (κ2) is 4.98. The fourth-order valence-electron chi connectivity index (χ4n) is 1.59. The van der Waals surface area contributed by atoms with Gasteiger partial charge in [-0.25, -0.2) is 9.50 Å². The summed E-state index contributed by atoms with van der Waals surface area (Å²) in [4.78, 5) is 4.45. The zero-order valence-electron chi connectivity index (χ0n) is 11.5. The van der Waals surface area contributed by atoms with Gasteiger partial charge in [-0.2, -0.15) is 5.10 Å². The highest BCUT2D eigenvalue weighted by Crippen LogP contribution is 2.25. The number of hydrogen-bond donors (Lipinski definition) is 1. The fraction of sp³-hybridized carbons (Fsp3) is 0.538.